The van der Waals surface area contributed by atoms with Crippen LogP contribution in [0, 0.1) is 6.92 Å². The van der Waals surface area contributed by atoms with Crippen molar-refractivity contribution in [2.24, 2.45) is 0 Å². The first kappa shape index (κ1) is 23.1. The van der Waals surface area contributed by atoms with Crippen LogP contribution in [0.1, 0.15) is 72.5 Å². The molecule has 1 N–H and O–H groups in total. The van der Waals surface area contributed by atoms with Gasteiger partial charge in [0.25, 0.3) is 11.8 Å². The van der Waals surface area contributed by atoms with Crippen molar-refractivity contribution in [3.05, 3.63) is 76.5 Å². The van der Waals surface area contributed by atoms with E-state index < -0.39 is 0 Å². The fraction of sp³-hybridized carbons (Fsp3) is 0.429. The Bertz CT molecular complexity index is 995. The lowest BCUT2D eigenvalue weighted by Crippen LogP contribution is -2.54. The quantitative estimate of drug-likeness (QED) is 0.468. The molecule has 2 amide bonds. The second-order valence-corrected chi connectivity index (χ2v) is 9.17. The lowest BCUT2D eigenvalue weighted by Gasteiger charge is -2.44. The number of hydrogen-bond acceptors (Lipinski definition) is 3. The predicted octanol–water partition coefficient (Wildman–Crippen LogP) is 5.24. The fourth-order valence-electron chi connectivity index (χ4n) is 4.61. The van der Waals surface area contributed by atoms with Gasteiger partial charge in [-0.2, -0.15) is 0 Å². The highest BCUT2D eigenvalue weighted by Crippen LogP contribution is 2.34. The Morgan fingerprint density at radius 1 is 1.09 bits per heavy atom. The van der Waals surface area contributed by atoms with Crippen molar-refractivity contribution in [3.8, 4) is 0 Å². The summed E-state index contributed by atoms with van der Waals surface area (Å²) >= 11 is 0. The highest BCUT2D eigenvalue weighted by molar-refractivity contribution is 5.97. The maximum absolute atomic E-state index is 13.4. The zero-order valence-corrected chi connectivity index (χ0v) is 19.7. The minimum Gasteiger partial charge on any atom is -0.482 e. The molecular weight excluding hydrogens is 412 g/mol. The molecule has 0 aromatic heterocycles. The van der Waals surface area contributed by atoms with E-state index in [1.165, 1.54) is 5.56 Å². The van der Waals surface area contributed by atoms with Gasteiger partial charge < -0.3 is 15.0 Å². The van der Waals surface area contributed by atoms with Crippen LogP contribution in [0.2, 0.25) is 0 Å². The van der Waals surface area contributed by atoms with E-state index in [-0.39, 0.29) is 24.0 Å². The molecule has 0 spiro atoms. The van der Waals surface area contributed by atoms with Gasteiger partial charge in [0.1, 0.15) is 6.10 Å². The summed E-state index contributed by atoms with van der Waals surface area (Å²) in [6, 6.07) is 15.9. The van der Waals surface area contributed by atoms with Gasteiger partial charge in [-0.25, -0.2) is 0 Å². The molecule has 1 saturated heterocycles. The average Bonchev–Trinajstić information content (AvgIpc) is 2.83. The lowest BCUT2D eigenvalue weighted by atomic mass is 9.89. The molecule has 2 aliphatic rings. The molecule has 2 fully saturated rings. The fourth-order valence-corrected chi connectivity index (χ4v) is 4.61. The third-order valence-corrected chi connectivity index (χ3v) is 6.58. The van der Waals surface area contributed by atoms with E-state index in [4.69, 9.17) is 4.74 Å². The van der Waals surface area contributed by atoms with Crippen LogP contribution in [0.25, 0.3) is 6.08 Å². The van der Waals surface area contributed by atoms with Gasteiger partial charge in [-0.3, -0.25) is 9.59 Å². The van der Waals surface area contributed by atoms with Crippen LogP contribution in [0.5, 0.6) is 0 Å². The van der Waals surface area contributed by atoms with Gasteiger partial charge >= 0.3 is 0 Å². The molecule has 2 atom stereocenters. The number of benzene rings is 2. The Morgan fingerprint density at radius 3 is 2.55 bits per heavy atom. The summed E-state index contributed by atoms with van der Waals surface area (Å²) in [5.41, 5.74) is 3.83. The summed E-state index contributed by atoms with van der Waals surface area (Å²) in [5, 5.41) is 2.93. The number of aryl methyl sites for hydroxylation is 1. The molecular formula is C28H34N2O3. The largest absolute Gasteiger partial charge is 0.482 e. The normalized spacial score (nSPS) is 21.5. The third-order valence-electron chi connectivity index (χ3n) is 6.58. The Morgan fingerprint density at radius 2 is 1.82 bits per heavy atom. The van der Waals surface area contributed by atoms with Gasteiger partial charge in [0.2, 0.25) is 0 Å². The summed E-state index contributed by atoms with van der Waals surface area (Å²) in [6.45, 7) is 5.45. The number of ether oxygens (including phenoxy) is 1. The molecule has 5 heteroatoms. The molecule has 33 heavy (non-hydrogen) atoms. The van der Waals surface area contributed by atoms with E-state index in [1.807, 2.05) is 23.1 Å². The van der Waals surface area contributed by atoms with Crippen LogP contribution in [-0.4, -0.2) is 35.4 Å². The van der Waals surface area contributed by atoms with Crippen LogP contribution in [0.3, 0.4) is 0 Å². The van der Waals surface area contributed by atoms with E-state index >= 15 is 0 Å². The number of nitrogens with zero attached hydrogens (tertiary/aromatic N) is 1. The zero-order chi connectivity index (χ0) is 23.2. The molecule has 1 aliphatic heterocycles. The van der Waals surface area contributed by atoms with Crippen molar-refractivity contribution in [1.82, 2.24) is 10.2 Å². The molecule has 2 unspecified atom stereocenters. The molecule has 0 bridgehead atoms. The number of carbonyl (C=O) groups is 2. The molecule has 2 aromatic carbocycles. The SMILES string of the molecule is CCCCNC(=O)c1ccc(/C=C2/OC3CCCCC3N(Cc3ccc(C)cc3)C2=O)cc1. The smallest absolute Gasteiger partial charge is 0.289 e. The van der Waals surface area contributed by atoms with Gasteiger partial charge in [0.15, 0.2) is 5.76 Å². The summed E-state index contributed by atoms with van der Waals surface area (Å²) in [5.74, 6) is 0.271. The van der Waals surface area contributed by atoms with E-state index in [0.717, 1.165) is 49.7 Å². The van der Waals surface area contributed by atoms with Crippen molar-refractivity contribution in [3.63, 3.8) is 0 Å². The van der Waals surface area contributed by atoms with Gasteiger partial charge in [-0.1, -0.05) is 61.7 Å². The molecule has 4 rings (SSSR count). The number of hydrogen-bond donors (Lipinski definition) is 1. The average molecular weight is 447 g/mol. The minimum absolute atomic E-state index is 0.0387. The van der Waals surface area contributed by atoms with Crippen LogP contribution in [-0.2, 0) is 16.1 Å². The summed E-state index contributed by atoms with van der Waals surface area (Å²) in [7, 11) is 0. The van der Waals surface area contributed by atoms with Gasteiger partial charge in [-0.05, 0) is 61.9 Å². The van der Waals surface area contributed by atoms with Crippen molar-refractivity contribution < 1.29 is 14.3 Å². The maximum Gasteiger partial charge on any atom is 0.289 e. The summed E-state index contributed by atoms with van der Waals surface area (Å²) in [4.78, 5) is 27.7. The molecule has 0 radical (unpaired) electrons. The summed E-state index contributed by atoms with van der Waals surface area (Å²) < 4.78 is 6.23. The second kappa shape index (κ2) is 10.7. The monoisotopic (exact) mass is 446 g/mol. The standard InChI is InChI=1S/C28H34N2O3/c1-3-4-17-29-27(31)23-15-13-21(14-16-23)18-26-28(32)30(19-22-11-9-20(2)10-12-22)24-7-5-6-8-25(24)33-26/h9-16,18,24-25H,3-8,17,19H2,1-2H3,(H,29,31)/b26-18+. The van der Waals surface area contributed by atoms with Crippen molar-refractivity contribution in [2.45, 2.75) is 71.1 Å². The predicted molar refractivity (Wildman–Crippen MR) is 131 cm³/mol. The first-order valence-corrected chi connectivity index (χ1v) is 12.2. The van der Waals surface area contributed by atoms with Crippen molar-refractivity contribution >= 4 is 17.9 Å². The number of morpholine rings is 1. The Kier molecular flexibility index (Phi) is 7.48. The Labute approximate surface area is 196 Å². The second-order valence-electron chi connectivity index (χ2n) is 9.17. The molecule has 5 nitrogen and oxygen atoms in total. The molecule has 1 saturated carbocycles. The maximum atomic E-state index is 13.4. The third kappa shape index (κ3) is 5.65. The van der Waals surface area contributed by atoms with Crippen LogP contribution in [0.15, 0.2) is 54.3 Å². The number of nitrogens with one attached hydrogen (secondary N) is 1. The topological polar surface area (TPSA) is 58.6 Å². The van der Waals surface area contributed by atoms with Gasteiger partial charge in [0.05, 0.1) is 6.04 Å². The Balaban J connectivity index is 1.52. The summed E-state index contributed by atoms with van der Waals surface area (Å²) in [6.07, 6.45) is 8.07. The highest BCUT2D eigenvalue weighted by Gasteiger charge is 2.41. The Hall–Kier alpha value is -3.08. The first-order valence-electron chi connectivity index (χ1n) is 12.2. The zero-order valence-electron chi connectivity index (χ0n) is 19.7. The number of carbonyl (C=O) groups excluding carboxylic acids is 2. The van der Waals surface area contributed by atoms with E-state index in [2.05, 4.69) is 43.4 Å². The molecule has 1 heterocycles. The van der Waals surface area contributed by atoms with Gasteiger partial charge in [0, 0.05) is 18.7 Å². The minimum atomic E-state index is -0.0676. The number of amides is 2. The number of rotatable bonds is 7. The molecule has 174 valence electrons. The van der Waals surface area contributed by atoms with E-state index in [0.29, 0.717) is 24.4 Å². The van der Waals surface area contributed by atoms with Crippen LogP contribution in [0.4, 0.5) is 0 Å². The van der Waals surface area contributed by atoms with Crippen molar-refractivity contribution in [1.29, 1.82) is 0 Å². The molecule has 2 aromatic rings. The van der Waals surface area contributed by atoms with Crippen molar-refractivity contribution in [2.75, 3.05) is 6.54 Å². The number of fused-ring (bicyclic) bond motifs is 1. The van der Waals surface area contributed by atoms with Crippen LogP contribution >= 0.6 is 0 Å². The first-order chi connectivity index (χ1) is 16.0. The number of unbranched alkanes of at least 4 members (excludes halogenated alkanes) is 1. The van der Waals surface area contributed by atoms with Crippen LogP contribution < -0.4 is 5.32 Å². The van der Waals surface area contributed by atoms with E-state index in [9.17, 15) is 9.59 Å². The highest BCUT2D eigenvalue weighted by atomic mass is 16.5. The van der Waals surface area contributed by atoms with Gasteiger partial charge in [-0.15, -0.1) is 0 Å². The lowest BCUT2D eigenvalue weighted by molar-refractivity contribution is -0.149. The van der Waals surface area contributed by atoms with E-state index in [1.54, 1.807) is 12.1 Å². The molecule has 1 aliphatic carbocycles.